The van der Waals surface area contributed by atoms with Gasteiger partial charge in [0, 0.05) is 24.0 Å². The molecule has 3 rings (SSSR count). The van der Waals surface area contributed by atoms with Gasteiger partial charge in [-0.3, -0.25) is 4.79 Å². The number of esters is 1. The number of ether oxygens (including phenoxy) is 2. The highest BCUT2D eigenvalue weighted by molar-refractivity contribution is 6.30. The van der Waals surface area contributed by atoms with Gasteiger partial charge in [0.15, 0.2) is 0 Å². The molecule has 0 fully saturated rings. The Hall–Kier alpha value is -2.46. The number of fused-ring (bicyclic) bond motifs is 1. The lowest BCUT2D eigenvalue weighted by atomic mass is 9.92. The van der Waals surface area contributed by atoms with Crippen molar-refractivity contribution in [2.75, 3.05) is 24.6 Å². The summed E-state index contributed by atoms with van der Waals surface area (Å²) in [6.45, 7) is 14.1. The number of benzene rings is 2. The fourth-order valence-corrected chi connectivity index (χ4v) is 4.84. The smallest absolute Gasteiger partial charge is 0.310 e. The Morgan fingerprint density at radius 2 is 2.03 bits per heavy atom. The first-order valence-corrected chi connectivity index (χ1v) is 13.2. The van der Waals surface area contributed by atoms with Crippen LogP contribution in [-0.2, 0) is 22.4 Å². The summed E-state index contributed by atoms with van der Waals surface area (Å²) in [5, 5.41) is 0.781. The molecule has 1 heterocycles. The molecule has 1 unspecified atom stereocenters. The van der Waals surface area contributed by atoms with Crippen LogP contribution < -0.4 is 9.64 Å². The van der Waals surface area contributed by atoms with E-state index in [-0.39, 0.29) is 18.3 Å². The van der Waals surface area contributed by atoms with Gasteiger partial charge < -0.3 is 14.4 Å². The number of nitrogens with zero attached hydrogens (tertiary/aromatic N) is 1. The maximum atomic E-state index is 12.5. The van der Waals surface area contributed by atoms with Gasteiger partial charge in [0.2, 0.25) is 0 Å². The van der Waals surface area contributed by atoms with Gasteiger partial charge in [-0.05, 0) is 87.4 Å². The Labute approximate surface area is 216 Å². The number of anilines is 1. The second kappa shape index (κ2) is 12.5. The first kappa shape index (κ1) is 27.1. The third kappa shape index (κ3) is 8.03. The zero-order valence-electron chi connectivity index (χ0n) is 21.7. The van der Waals surface area contributed by atoms with Gasteiger partial charge in [-0.25, -0.2) is 0 Å². The Morgan fingerprint density at radius 3 is 2.74 bits per heavy atom. The highest BCUT2D eigenvalue weighted by Gasteiger charge is 2.26. The van der Waals surface area contributed by atoms with E-state index >= 15 is 0 Å². The van der Waals surface area contributed by atoms with E-state index in [1.54, 1.807) is 0 Å². The van der Waals surface area contributed by atoms with Crippen molar-refractivity contribution in [2.24, 2.45) is 0 Å². The van der Waals surface area contributed by atoms with Crippen LogP contribution in [-0.4, -0.2) is 31.3 Å². The molecule has 0 bridgehead atoms. The zero-order chi connectivity index (χ0) is 25.4. The normalized spacial score (nSPS) is 15.7. The van der Waals surface area contributed by atoms with Crippen LogP contribution in [0, 0.1) is 0 Å². The molecule has 0 spiro atoms. The number of halogens is 1. The van der Waals surface area contributed by atoms with Gasteiger partial charge in [0.1, 0.15) is 11.4 Å². The predicted octanol–water partition coefficient (Wildman–Crippen LogP) is 7.52. The van der Waals surface area contributed by atoms with Crippen molar-refractivity contribution in [1.29, 1.82) is 0 Å². The number of rotatable bonds is 10. The van der Waals surface area contributed by atoms with Crippen LogP contribution in [0.3, 0.4) is 0 Å². The van der Waals surface area contributed by atoms with E-state index in [1.807, 2.05) is 45.0 Å². The lowest BCUT2D eigenvalue weighted by Crippen LogP contribution is -2.30. The van der Waals surface area contributed by atoms with Crippen molar-refractivity contribution in [3.05, 3.63) is 70.8 Å². The maximum Gasteiger partial charge on any atom is 0.310 e. The van der Waals surface area contributed by atoms with Crippen LogP contribution >= 0.6 is 11.6 Å². The summed E-state index contributed by atoms with van der Waals surface area (Å²) in [6, 6.07) is 12.3. The topological polar surface area (TPSA) is 38.8 Å². The fourth-order valence-electron chi connectivity index (χ4n) is 4.64. The Balaban J connectivity index is 1.88. The Kier molecular flexibility index (Phi) is 9.68. The molecule has 1 aliphatic rings. The Bertz CT molecular complexity index is 1010. The number of hydrogen-bond donors (Lipinski definition) is 0. The van der Waals surface area contributed by atoms with E-state index in [4.69, 9.17) is 21.1 Å². The highest BCUT2D eigenvalue weighted by atomic mass is 35.5. The number of allylic oxidation sites excluding steroid dienone is 1. The molecule has 190 valence electrons. The Morgan fingerprint density at radius 1 is 1.23 bits per heavy atom. The molecule has 0 saturated carbocycles. The summed E-state index contributed by atoms with van der Waals surface area (Å²) in [7, 11) is 0. The van der Waals surface area contributed by atoms with Crippen molar-refractivity contribution in [2.45, 2.75) is 77.7 Å². The minimum atomic E-state index is -0.495. The summed E-state index contributed by atoms with van der Waals surface area (Å²) in [4.78, 5) is 14.9. The summed E-state index contributed by atoms with van der Waals surface area (Å²) in [6.07, 6.45) is 7.47. The molecular formula is C30H40ClNO3. The minimum absolute atomic E-state index is 0.215. The molecule has 4 nitrogen and oxygen atoms in total. The standard InChI is InChI=1S/C30H40ClNO3/c1-6-8-9-10-16-32-20-24(26-14-13-25(31)19-23(26)11-7-2)21-34-28-15-12-22(17-27(28)32)18-29(33)35-30(3,4)5/h6,12-15,17,19,24H,1,7-11,16,18,20-21H2,2-5H3. The average Bonchev–Trinajstić information content (AvgIpc) is 2.95. The number of hydrogen-bond acceptors (Lipinski definition) is 4. The lowest BCUT2D eigenvalue weighted by Gasteiger charge is -2.28. The summed E-state index contributed by atoms with van der Waals surface area (Å²) in [5.41, 5.74) is 4.11. The van der Waals surface area contributed by atoms with E-state index in [1.165, 1.54) is 11.1 Å². The molecule has 0 radical (unpaired) electrons. The van der Waals surface area contributed by atoms with Crippen LogP contribution in [0.1, 0.15) is 76.0 Å². The number of unbranched alkanes of at least 4 members (excludes halogenated alkanes) is 2. The monoisotopic (exact) mass is 497 g/mol. The molecule has 0 aliphatic carbocycles. The van der Waals surface area contributed by atoms with Crippen LogP contribution in [0.25, 0.3) is 0 Å². The fraction of sp³-hybridized carbons (Fsp3) is 0.500. The van der Waals surface area contributed by atoms with Gasteiger partial charge in [-0.1, -0.05) is 43.2 Å². The second-order valence-corrected chi connectivity index (χ2v) is 10.8. The van der Waals surface area contributed by atoms with Crippen molar-refractivity contribution < 1.29 is 14.3 Å². The molecule has 2 aromatic carbocycles. The summed E-state index contributed by atoms with van der Waals surface area (Å²) < 4.78 is 11.9. The van der Waals surface area contributed by atoms with Crippen LogP contribution in [0.5, 0.6) is 5.75 Å². The molecule has 5 heteroatoms. The zero-order valence-corrected chi connectivity index (χ0v) is 22.5. The molecule has 2 aromatic rings. The molecular weight excluding hydrogens is 458 g/mol. The molecule has 0 N–H and O–H groups in total. The van der Waals surface area contributed by atoms with Crippen molar-refractivity contribution in [1.82, 2.24) is 0 Å². The average molecular weight is 498 g/mol. The molecule has 0 amide bonds. The SMILES string of the molecule is C=CCCCCN1CC(c2ccc(Cl)cc2CCC)COc2ccc(CC(=O)OC(C)(C)C)cc21. The highest BCUT2D eigenvalue weighted by Crippen LogP contribution is 2.37. The van der Waals surface area contributed by atoms with E-state index in [0.717, 1.165) is 67.2 Å². The third-order valence-electron chi connectivity index (χ3n) is 6.16. The van der Waals surface area contributed by atoms with Gasteiger partial charge in [0.25, 0.3) is 0 Å². The number of carbonyl (C=O) groups excluding carboxylic acids is 1. The van der Waals surface area contributed by atoms with Crippen LogP contribution in [0.4, 0.5) is 5.69 Å². The van der Waals surface area contributed by atoms with E-state index in [0.29, 0.717) is 6.61 Å². The van der Waals surface area contributed by atoms with Crippen LogP contribution in [0.2, 0.25) is 5.02 Å². The molecule has 0 saturated heterocycles. The molecule has 1 atom stereocenters. The molecule has 1 aliphatic heterocycles. The number of carbonyl (C=O) groups is 1. The van der Waals surface area contributed by atoms with E-state index in [2.05, 4.69) is 36.6 Å². The van der Waals surface area contributed by atoms with E-state index < -0.39 is 5.60 Å². The number of aryl methyl sites for hydroxylation is 1. The molecule has 35 heavy (non-hydrogen) atoms. The third-order valence-corrected chi connectivity index (χ3v) is 6.40. The summed E-state index contributed by atoms with van der Waals surface area (Å²) >= 11 is 6.34. The minimum Gasteiger partial charge on any atom is -0.491 e. The first-order valence-electron chi connectivity index (χ1n) is 12.8. The predicted molar refractivity (Wildman–Crippen MR) is 146 cm³/mol. The van der Waals surface area contributed by atoms with Gasteiger partial charge in [-0.2, -0.15) is 0 Å². The van der Waals surface area contributed by atoms with Crippen LogP contribution in [0.15, 0.2) is 49.1 Å². The van der Waals surface area contributed by atoms with Crippen molar-refractivity contribution in [3.63, 3.8) is 0 Å². The second-order valence-electron chi connectivity index (χ2n) is 10.4. The summed E-state index contributed by atoms with van der Waals surface area (Å²) in [5.74, 6) is 0.887. The van der Waals surface area contributed by atoms with Crippen molar-refractivity contribution in [3.8, 4) is 5.75 Å². The first-order chi connectivity index (χ1) is 16.7. The van der Waals surface area contributed by atoms with Gasteiger partial charge >= 0.3 is 5.97 Å². The van der Waals surface area contributed by atoms with Gasteiger partial charge in [0.05, 0.1) is 18.7 Å². The van der Waals surface area contributed by atoms with E-state index in [9.17, 15) is 4.79 Å². The van der Waals surface area contributed by atoms with Gasteiger partial charge in [-0.15, -0.1) is 6.58 Å². The maximum absolute atomic E-state index is 12.5. The quantitative estimate of drug-likeness (QED) is 0.193. The lowest BCUT2D eigenvalue weighted by molar-refractivity contribution is -0.153. The molecule has 0 aromatic heterocycles. The van der Waals surface area contributed by atoms with Crippen molar-refractivity contribution >= 4 is 23.3 Å². The largest absolute Gasteiger partial charge is 0.491 e.